The normalized spacial score (nSPS) is 10.8. The summed E-state index contributed by atoms with van der Waals surface area (Å²) in [4.78, 5) is 50.8. The monoisotopic (exact) mass is 431 g/mol. The number of amides is 2. The van der Waals surface area contributed by atoms with Crippen LogP contribution in [-0.2, 0) is 13.0 Å². The highest BCUT2D eigenvalue weighted by molar-refractivity contribution is 6.07. The van der Waals surface area contributed by atoms with Gasteiger partial charge in [0.25, 0.3) is 17.4 Å². The summed E-state index contributed by atoms with van der Waals surface area (Å²) in [6.07, 6.45) is 3.77. The minimum atomic E-state index is -0.367. The van der Waals surface area contributed by atoms with E-state index in [9.17, 15) is 14.4 Å². The van der Waals surface area contributed by atoms with E-state index in [0.29, 0.717) is 30.5 Å². The van der Waals surface area contributed by atoms with Crippen LogP contribution in [0, 0.1) is 0 Å². The van der Waals surface area contributed by atoms with E-state index >= 15 is 0 Å². The molecule has 0 saturated carbocycles. The van der Waals surface area contributed by atoms with E-state index < -0.39 is 0 Å². The number of carbonyl (C=O) groups is 2. The van der Waals surface area contributed by atoms with E-state index in [4.69, 9.17) is 5.73 Å². The van der Waals surface area contributed by atoms with Gasteiger partial charge < -0.3 is 21.4 Å². The van der Waals surface area contributed by atoms with Gasteiger partial charge >= 0.3 is 0 Å². The van der Waals surface area contributed by atoms with Crippen molar-refractivity contribution in [3.63, 3.8) is 0 Å². The molecule has 2 amide bonds. The Morgan fingerprint density at radius 3 is 2.47 bits per heavy atom. The van der Waals surface area contributed by atoms with Gasteiger partial charge in [-0.05, 0) is 29.8 Å². The van der Waals surface area contributed by atoms with Crippen molar-refractivity contribution in [2.24, 2.45) is 0 Å². The van der Waals surface area contributed by atoms with Crippen LogP contribution in [-0.4, -0.2) is 38.3 Å². The fraction of sp³-hybridized carbons (Fsp3) is 0.136. The average molecular weight is 431 g/mol. The first-order valence-electron chi connectivity index (χ1n) is 9.93. The Balaban J connectivity index is 1.39. The number of hydrogen-bond acceptors (Lipinski definition) is 6. The van der Waals surface area contributed by atoms with Crippen LogP contribution >= 0.6 is 0 Å². The molecule has 4 rings (SSSR count). The SMILES string of the molecule is Nc1nc2[nH]c(CCNC(=O)c3ccccc3C(=O)NCc3cccnc3)cc2c(=O)[nH]1. The number of anilines is 1. The van der Waals surface area contributed by atoms with Gasteiger partial charge in [-0.15, -0.1) is 0 Å². The van der Waals surface area contributed by atoms with E-state index in [-0.39, 0.29) is 34.4 Å². The Kier molecular flexibility index (Phi) is 5.93. The maximum atomic E-state index is 12.7. The van der Waals surface area contributed by atoms with Crippen molar-refractivity contribution in [2.75, 3.05) is 12.3 Å². The Bertz CT molecular complexity index is 1330. The van der Waals surface area contributed by atoms with Crippen LogP contribution in [0.25, 0.3) is 11.0 Å². The fourth-order valence-electron chi connectivity index (χ4n) is 3.29. The molecule has 10 nitrogen and oxygen atoms in total. The van der Waals surface area contributed by atoms with Gasteiger partial charge in [0.15, 0.2) is 0 Å². The van der Waals surface area contributed by atoms with Gasteiger partial charge in [0.1, 0.15) is 5.65 Å². The number of pyridine rings is 1. The quantitative estimate of drug-likeness (QED) is 0.295. The molecular formula is C22H21N7O3. The van der Waals surface area contributed by atoms with Crippen LogP contribution in [0.1, 0.15) is 32.0 Å². The second-order valence-corrected chi connectivity index (χ2v) is 7.10. The third-order valence-corrected chi connectivity index (χ3v) is 4.84. The minimum absolute atomic E-state index is 0.0302. The molecule has 3 heterocycles. The zero-order chi connectivity index (χ0) is 22.5. The number of hydrogen-bond donors (Lipinski definition) is 5. The molecule has 6 N–H and O–H groups in total. The molecule has 0 atom stereocenters. The molecule has 0 unspecified atom stereocenters. The maximum Gasteiger partial charge on any atom is 0.261 e. The van der Waals surface area contributed by atoms with Gasteiger partial charge in [0.2, 0.25) is 5.95 Å². The third-order valence-electron chi connectivity index (χ3n) is 4.84. The number of carbonyl (C=O) groups excluding carboxylic acids is 2. The summed E-state index contributed by atoms with van der Waals surface area (Å²) in [6.45, 7) is 0.603. The zero-order valence-electron chi connectivity index (χ0n) is 17.0. The lowest BCUT2D eigenvalue weighted by Crippen LogP contribution is -2.30. The van der Waals surface area contributed by atoms with Crippen LogP contribution in [0.15, 0.2) is 59.7 Å². The maximum absolute atomic E-state index is 12.7. The summed E-state index contributed by atoms with van der Waals surface area (Å²) in [5, 5.41) is 6.01. The Morgan fingerprint density at radius 2 is 1.75 bits per heavy atom. The zero-order valence-corrected chi connectivity index (χ0v) is 17.0. The summed E-state index contributed by atoms with van der Waals surface area (Å²) in [5.41, 5.74) is 7.76. The number of fused-ring (bicyclic) bond motifs is 1. The largest absolute Gasteiger partial charge is 0.369 e. The van der Waals surface area contributed by atoms with Gasteiger partial charge in [0, 0.05) is 37.6 Å². The molecule has 0 bridgehead atoms. The van der Waals surface area contributed by atoms with Crippen molar-refractivity contribution in [3.8, 4) is 0 Å². The molecule has 3 aromatic heterocycles. The number of nitrogens with two attached hydrogens (primary N) is 1. The second kappa shape index (κ2) is 9.13. The second-order valence-electron chi connectivity index (χ2n) is 7.10. The predicted octanol–water partition coefficient (Wildman–Crippen LogP) is 1.13. The molecule has 0 saturated heterocycles. The number of H-pyrrole nitrogens is 2. The topological polar surface area (TPSA) is 159 Å². The van der Waals surface area contributed by atoms with E-state index in [1.54, 1.807) is 48.8 Å². The van der Waals surface area contributed by atoms with Gasteiger partial charge in [-0.25, -0.2) is 0 Å². The minimum Gasteiger partial charge on any atom is -0.369 e. The van der Waals surface area contributed by atoms with Crippen LogP contribution in [0.5, 0.6) is 0 Å². The van der Waals surface area contributed by atoms with Crippen molar-refractivity contribution in [2.45, 2.75) is 13.0 Å². The standard InChI is InChI=1S/C22H21N7O3/c23-22-28-18-17(21(32)29-22)10-14(27-18)7-9-25-19(30)15-5-1-2-6-16(15)20(31)26-12-13-4-3-8-24-11-13/h1-6,8,10-11H,7,9,12H2,(H,25,30)(H,26,31)(H4,23,27,28,29,32). The summed E-state index contributed by atoms with van der Waals surface area (Å²) < 4.78 is 0. The molecule has 1 aromatic carbocycles. The molecule has 0 aliphatic heterocycles. The molecule has 0 aliphatic carbocycles. The number of rotatable bonds is 7. The lowest BCUT2D eigenvalue weighted by Gasteiger charge is -2.10. The van der Waals surface area contributed by atoms with Crippen molar-refractivity contribution in [1.82, 2.24) is 30.6 Å². The number of aromatic amines is 2. The highest BCUT2D eigenvalue weighted by atomic mass is 16.2. The van der Waals surface area contributed by atoms with Crippen molar-refractivity contribution in [3.05, 3.63) is 87.6 Å². The Morgan fingerprint density at radius 1 is 1.00 bits per heavy atom. The first kappa shape index (κ1) is 20.8. The first-order chi connectivity index (χ1) is 15.5. The van der Waals surface area contributed by atoms with Gasteiger partial charge in [-0.2, -0.15) is 4.98 Å². The number of benzene rings is 1. The van der Waals surface area contributed by atoms with E-state index in [1.807, 2.05) is 6.07 Å². The van der Waals surface area contributed by atoms with Crippen LogP contribution in [0.4, 0.5) is 5.95 Å². The summed E-state index contributed by atoms with van der Waals surface area (Å²) in [5.74, 6) is -0.686. The van der Waals surface area contributed by atoms with Crippen LogP contribution in [0.2, 0.25) is 0 Å². The molecule has 0 aliphatic rings. The Labute approximate surface area is 182 Å². The molecule has 0 fully saturated rings. The molecular weight excluding hydrogens is 410 g/mol. The Hall–Kier alpha value is -4.47. The predicted molar refractivity (Wildman–Crippen MR) is 119 cm³/mol. The molecule has 162 valence electrons. The molecule has 0 spiro atoms. The highest BCUT2D eigenvalue weighted by Crippen LogP contribution is 2.11. The first-order valence-corrected chi connectivity index (χ1v) is 9.93. The third kappa shape index (κ3) is 4.64. The summed E-state index contributed by atoms with van der Waals surface area (Å²) in [6, 6.07) is 11.9. The van der Waals surface area contributed by atoms with Crippen molar-refractivity contribution in [1.29, 1.82) is 0 Å². The van der Waals surface area contributed by atoms with Crippen LogP contribution in [0.3, 0.4) is 0 Å². The molecule has 4 aromatic rings. The number of nitrogens with one attached hydrogen (secondary N) is 4. The molecule has 10 heteroatoms. The number of aromatic nitrogens is 4. The number of nitrogens with zero attached hydrogens (tertiary/aromatic N) is 2. The lowest BCUT2D eigenvalue weighted by molar-refractivity contribution is 0.0918. The molecule has 32 heavy (non-hydrogen) atoms. The van der Waals surface area contributed by atoms with E-state index in [2.05, 4.69) is 30.6 Å². The lowest BCUT2D eigenvalue weighted by atomic mass is 10.1. The van der Waals surface area contributed by atoms with E-state index in [0.717, 1.165) is 11.3 Å². The van der Waals surface area contributed by atoms with Gasteiger partial charge in [-0.3, -0.25) is 24.4 Å². The van der Waals surface area contributed by atoms with Crippen LogP contribution < -0.4 is 21.9 Å². The summed E-state index contributed by atoms with van der Waals surface area (Å²) >= 11 is 0. The number of nitrogen functional groups attached to an aromatic ring is 1. The van der Waals surface area contributed by atoms with Crippen molar-refractivity contribution >= 4 is 28.8 Å². The van der Waals surface area contributed by atoms with Gasteiger partial charge in [0.05, 0.1) is 16.5 Å². The smallest absolute Gasteiger partial charge is 0.261 e. The average Bonchev–Trinajstić information content (AvgIpc) is 3.21. The molecule has 0 radical (unpaired) electrons. The van der Waals surface area contributed by atoms with Gasteiger partial charge in [-0.1, -0.05) is 18.2 Å². The highest BCUT2D eigenvalue weighted by Gasteiger charge is 2.16. The van der Waals surface area contributed by atoms with Crippen molar-refractivity contribution < 1.29 is 9.59 Å². The summed E-state index contributed by atoms with van der Waals surface area (Å²) in [7, 11) is 0. The fourth-order valence-corrected chi connectivity index (χ4v) is 3.29. The van der Waals surface area contributed by atoms with E-state index in [1.165, 1.54) is 0 Å².